The van der Waals surface area contributed by atoms with Crippen molar-refractivity contribution < 1.29 is 4.74 Å². The van der Waals surface area contributed by atoms with Crippen molar-refractivity contribution in [3.8, 4) is 0 Å². The predicted octanol–water partition coefficient (Wildman–Crippen LogP) is 2.41. The molecule has 1 aliphatic heterocycles. The van der Waals surface area contributed by atoms with E-state index in [1.54, 1.807) is 11.3 Å². The van der Waals surface area contributed by atoms with Crippen LogP contribution in [0.5, 0.6) is 0 Å². The van der Waals surface area contributed by atoms with Crippen LogP contribution in [-0.2, 0) is 11.2 Å². The lowest BCUT2D eigenvalue weighted by Gasteiger charge is -2.07. The van der Waals surface area contributed by atoms with Crippen LogP contribution in [0.1, 0.15) is 18.7 Å². The first-order valence-corrected chi connectivity index (χ1v) is 6.10. The largest absolute Gasteiger partial charge is 0.378 e. The highest BCUT2D eigenvalue weighted by molar-refractivity contribution is 7.16. The summed E-state index contributed by atoms with van der Waals surface area (Å²) < 4.78 is 5.57. The minimum Gasteiger partial charge on any atom is -0.378 e. The summed E-state index contributed by atoms with van der Waals surface area (Å²) >= 11 is 1.67. The van der Waals surface area contributed by atoms with Gasteiger partial charge >= 0.3 is 0 Å². The Morgan fingerprint density at radius 1 is 1.53 bits per heavy atom. The molecule has 1 aliphatic rings. The molecule has 0 saturated carbocycles. The van der Waals surface area contributed by atoms with E-state index in [0.29, 0.717) is 6.10 Å². The molecule has 0 amide bonds. The Bertz CT molecular complexity index is 462. The summed E-state index contributed by atoms with van der Waals surface area (Å²) in [5.41, 5.74) is 0. The van der Waals surface area contributed by atoms with Crippen molar-refractivity contribution in [2.45, 2.75) is 25.4 Å². The lowest BCUT2D eigenvalue weighted by molar-refractivity contribution is 0.110. The second kappa shape index (κ2) is 3.87. The monoisotopic (exact) mass is 220 g/mol. The van der Waals surface area contributed by atoms with E-state index in [4.69, 9.17) is 4.74 Å². The molecular formula is C11H12N2OS. The molecule has 0 radical (unpaired) electrons. The Morgan fingerprint density at radius 3 is 3.40 bits per heavy atom. The van der Waals surface area contributed by atoms with Crippen LogP contribution in [0.3, 0.4) is 0 Å². The number of thiophene rings is 1. The van der Waals surface area contributed by atoms with E-state index in [9.17, 15) is 0 Å². The lowest BCUT2D eigenvalue weighted by atomic mass is 10.2. The van der Waals surface area contributed by atoms with Gasteiger partial charge in [-0.05, 0) is 24.3 Å². The van der Waals surface area contributed by atoms with Crippen LogP contribution in [0.2, 0.25) is 0 Å². The van der Waals surface area contributed by atoms with Crippen molar-refractivity contribution in [3.05, 3.63) is 23.5 Å². The van der Waals surface area contributed by atoms with Gasteiger partial charge in [-0.25, -0.2) is 9.97 Å². The number of rotatable bonds is 2. The van der Waals surface area contributed by atoms with Gasteiger partial charge in [0.1, 0.15) is 10.7 Å². The Labute approximate surface area is 92.1 Å². The summed E-state index contributed by atoms with van der Waals surface area (Å²) in [6.45, 7) is 0.895. The van der Waals surface area contributed by atoms with Crippen molar-refractivity contribution in [2.75, 3.05) is 6.61 Å². The molecule has 3 rings (SSSR count). The van der Waals surface area contributed by atoms with Crippen molar-refractivity contribution in [1.29, 1.82) is 0 Å². The average Bonchev–Trinajstić information content (AvgIpc) is 2.87. The Hall–Kier alpha value is -1.00. The van der Waals surface area contributed by atoms with Crippen molar-refractivity contribution >= 4 is 21.6 Å². The van der Waals surface area contributed by atoms with Gasteiger partial charge in [0.25, 0.3) is 0 Å². The van der Waals surface area contributed by atoms with Gasteiger partial charge in [0, 0.05) is 24.6 Å². The van der Waals surface area contributed by atoms with Crippen LogP contribution in [0.15, 0.2) is 17.6 Å². The topological polar surface area (TPSA) is 35.0 Å². The standard InChI is InChI=1S/C11H12N2OS/c1-2-9(14-4-1)6-10-12-7-8-3-5-15-11(8)13-10/h3,5,7,9H,1-2,4,6H2. The average molecular weight is 220 g/mol. The van der Waals surface area contributed by atoms with E-state index in [2.05, 4.69) is 21.4 Å². The molecule has 78 valence electrons. The van der Waals surface area contributed by atoms with Crippen LogP contribution < -0.4 is 0 Å². The number of hydrogen-bond acceptors (Lipinski definition) is 4. The maximum Gasteiger partial charge on any atom is 0.132 e. The summed E-state index contributed by atoms with van der Waals surface area (Å²) in [6.07, 6.45) is 5.41. The molecule has 0 spiro atoms. The molecule has 0 N–H and O–H groups in total. The minimum absolute atomic E-state index is 0.336. The Kier molecular flexibility index (Phi) is 2.38. The highest BCUT2D eigenvalue weighted by atomic mass is 32.1. The van der Waals surface area contributed by atoms with Crippen molar-refractivity contribution in [2.24, 2.45) is 0 Å². The SMILES string of the molecule is c1cc2cnc(CC3CCCO3)nc2s1. The third-order valence-corrected chi connectivity index (χ3v) is 3.51. The zero-order valence-electron chi connectivity index (χ0n) is 8.35. The van der Waals surface area contributed by atoms with E-state index in [-0.39, 0.29) is 0 Å². The molecule has 3 nitrogen and oxygen atoms in total. The first-order valence-electron chi connectivity index (χ1n) is 5.22. The minimum atomic E-state index is 0.336. The van der Waals surface area contributed by atoms with Gasteiger partial charge in [0.2, 0.25) is 0 Å². The summed E-state index contributed by atoms with van der Waals surface area (Å²) in [6, 6.07) is 2.05. The van der Waals surface area contributed by atoms with Gasteiger partial charge in [-0.1, -0.05) is 0 Å². The van der Waals surface area contributed by atoms with Gasteiger partial charge in [-0.2, -0.15) is 0 Å². The first-order chi connectivity index (χ1) is 7.42. The van der Waals surface area contributed by atoms with Gasteiger partial charge < -0.3 is 4.74 Å². The molecule has 1 fully saturated rings. The highest BCUT2D eigenvalue weighted by Gasteiger charge is 2.17. The smallest absolute Gasteiger partial charge is 0.132 e. The fraction of sp³-hybridized carbons (Fsp3) is 0.455. The molecule has 4 heteroatoms. The summed E-state index contributed by atoms with van der Waals surface area (Å²) in [5, 5.41) is 3.19. The van der Waals surface area contributed by atoms with Gasteiger partial charge in [-0.3, -0.25) is 0 Å². The molecule has 3 heterocycles. The van der Waals surface area contributed by atoms with E-state index < -0.39 is 0 Å². The molecule has 1 saturated heterocycles. The normalized spacial score (nSPS) is 21.2. The third kappa shape index (κ3) is 1.87. The zero-order valence-corrected chi connectivity index (χ0v) is 9.17. The van der Waals surface area contributed by atoms with E-state index in [1.807, 2.05) is 6.20 Å². The number of ether oxygens (including phenoxy) is 1. The van der Waals surface area contributed by atoms with Crippen LogP contribution in [0, 0.1) is 0 Å². The fourth-order valence-electron chi connectivity index (χ4n) is 1.90. The van der Waals surface area contributed by atoms with Crippen molar-refractivity contribution in [1.82, 2.24) is 9.97 Å². The maximum absolute atomic E-state index is 5.57. The third-order valence-electron chi connectivity index (χ3n) is 2.69. The van der Waals surface area contributed by atoms with E-state index >= 15 is 0 Å². The summed E-state index contributed by atoms with van der Waals surface area (Å²) in [4.78, 5) is 9.97. The van der Waals surface area contributed by atoms with E-state index in [1.165, 1.54) is 6.42 Å². The number of aromatic nitrogens is 2. The quantitative estimate of drug-likeness (QED) is 0.779. The molecule has 15 heavy (non-hydrogen) atoms. The number of fused-ring (bicyclic) bond motifs is 1. The Morgan fingerprint density at radius 2 is 2.53 bits per heavy atom. The molecule has 1 unspecified atom stereocenters. The zero-order chi connectivity index (χ0) is 10.1. The van der Waals surface area contributed by atoms with Gasteiger partial charge in [0.05, 0.1) is 6.10 Å². The van der Waals surface area contributed by atoms with Crippen LogP contribution in [0.25, 0.3) is 10.2 Å². The highest BCUT2D eigenvalue weighted by Crippen LogP contribution is 2.19. The summed E-state index contributed by atoms with van der Waals surface area (Å²) in [7, 11) is 0. The van der Waals surface area contributed by atoms with Gasteiger partial charge in [-0.15, -0.1) is 11.3 Å². The molecule has 1 atom stereocenters. The predicted molar refractivity (Wildman–Crippen MR) is 60.1 cm³/mol. The molecule has 2 aromatic rings. The Balaban J connectivity index is 1.84. The molecule has 2 aromatic heterocycles. The first kappa shape index (κ1) is 9.24. The van der Waals surface area contributed by atoms with Gasteiger partial charge in [0.15, 0.2) is 0 Å². The van der Waals surface area contributed by atoms with Crippen LogP contribution in [0.4, 0.5) is 0 Å². The van der Waals surface area contributed by atoms with E-state index in [0.717, 1.165) is 35.5 Å². The summed E-state index contributed by atoms with van der Waals surface area (Å²) in [5.74, 6) is 0.914. The van der Waals surface area contributed by atoms with Crippen LogP contribution >= 0.6 is 11.3 Å². The fourth-order valence-corrected chi connectivity index (χ4v) is 2.66. The second-order valence-corrected chi connectivity index (χ2v) is 4.70. The molecule has 0 aromatic carbocycles. The van der Waals surface area contributed by atoms with Crippen molar-refractivity contribution in [3.63, 3.8) is 0 Å². The molecular weight excluding hydrogens is 208 g/mol. The lowest BCUT2D eigenvalue weighted by Crippen LogP contribution is -2.11. The number of nitrogens with zero attached hydrogens (tertiary/aromatic N) is 2. The number of hydrogen-bond donors (Lipinski definition) is 0. The maximum atomic E-state index is 5.57. The molecule has 0 bridgehead atoms. The second-order valence-electron chi connectivity index (χ2n) is 3.81. The van der Waals surface area contributed by atoms with Crippen LogP contribution in [-0.4, -0.2) is 22.7 Å². The molecule has 0 aliphatic carbocycles.